The third kappa shape index (κ3) is 2.83. The predicted octanol–water partition coefficient (Wildman–Crippen LogP) is 4.71. The Hall–Kier alpha value is -1.38. The Bertz CT molecular complexity index is 637. The van der Waals surface area contributed by atoms with E-state index in [-0.39, 0.29) is 11.5 Å². The maximum absolute atomic E-state index is 6.20. The van der Waals surface area contributed by atoms with Gasteiger partial charge in [-0.1, -0.05) is 31.5 Å². The van der Waals surface area contributed by atoms with Gasteiger partial charge in [-0.3, -0.25) is 4.98 Å². The van der Waals surface area contributed by atoms with Gasteiger partial charge >= 0.3 is 0 Å². The first kappa shape index (κ1) is 14.6. The fourth-order valence-corrected chi connectivity index (χ4v) is 3.50. The average Bonchev–Trinajstić information content (AvgIpc) is 2.71. The van der Waals surface area contributed by atoms with E-state index in [4.69, 9.17) is 11.6 Å². The number of fused-ring (bicyclic) bond motifs is 1. The Labute approximate surface area is 131 Å². The van der Waals surface area contributed by atoms with E-state index >= 15 is 0 Å². The number of halogens is 1. The number of hydrogen-bond donors (Lipinski definition) is 1. The lowest BCUT2D eigenvalue weighted by molar-refractivity contribution is 0.252. The normalized spacial score (nSPS) is 21.0. The largest absolute Gasteiger partial charge is 0.303 e. The van der Waals surface area contributed by atoms with Crippen LogP contribution in [0.2, 0.25) is 5.02 Å². The topological polar surface area (TPSA) is 24.9 Å². The van der Waals surface area contributed by atoms with Crippen molar-refractivity contribution in [3.8, 4) is 0 Å². The molecule has 0 saturated carbocycles. The van der Waals surface area contributed by atoms with E-state index in [9.17, 15) is 0 Å². The van der Waals surface area contributed by atoms with Crippen LogP contribution < -0.4 is 5.32 Å². The number of nitrogens with one attached hydrogen (secondary N) is 1. The molecule has 0 spiro atoms. The quantitative estimate of drug-likeness (QED) is 0.888. The van der Waals surface area contributed by atoms with Crippen LogP contribution in [-0.2, 0) is 6.42 Å². The first-order valence-electron chi connectivity index (χ1n) is 7.42. The van der Waals surface area contributed by atoms with Crippen molar-refractivity contribution in [3.63, 3.8) is 0 Å². The number of benzene rings is 1. The zero-order chi connectivity index (χ0) is 15.0. The van der Waals surface area contributed by atoms with Gasteiger partial charge in [0.1, 0.15) is 0 Å². The molecule has 3 rings (SSSR count). The van der Waals surface area contributed by atoms with Crippen molar-refractivity contribution in [1.82, 2.24) is 10.3 Å². The molecule has 0 amide bonds. The summed E-state index contributed by atoms with van der Waals surface area (Å²) in [6.45, 7) is 6.84. The maximum atomic E-state index is 6.20. The van der Waals surface area contributed by atoms with Crippen molar-refractivity contribution in [2.45, 2.75) is 39.3 Å². The molecular formula is C18H21ClN2. The molecule has 0 radical (unpaired) electrons. The second-order valence-electron chi connectivity index (χ2n) is 6.61. The Morgan fingerprint density at radius 2 is 1.95 bits per heavy atom. The maximum Gasteiger partial charge on any atom is 0.0409 e. The van der Waals surface area contributed by atoms with Gasteiger partial charge in [-0.2, -0.15) is 0 Å². The number of pyridine rings is 1. The summed E-state index contributed by atoms with van der Waals surface area (Å²) in [7, 11) is 0. The number of aromatic nitrogens is 1. The fourth-order valence-electron chi connectivity index (χ4n) is 3.32. The van der Waals surface area contributed by atoms with Gasteiger partial charge in [-0.25, -0.2) is 0 Å². The molecule has 2 nitrogen and oxygen atoms in total. The molecule has 2 atom stereocenters. The monoisotopic (exact) mass is 300 g/mol. The van der Waals surface area contributed by atoms with Crippen LogP contribution in [0.3, 0.4) is 0 Å². The van der Waals surface area contributed by atoms with Crippen LogP contribution in [0.25, 0.3) is 0 Å². The Kier molecular flexibility index (Phi) is 3.76. The van der Waals surface area contributed by atoms with Gasteiger partial charge in [-0.05, 0) is 59.7 Å². The molecule has 1 heterocycles. The highest BCUT2D eigenvalue weighted by atomic mass is 35.5. The SMILES string of the molecule is CC(NC1c2cc(Cl)ccc2CC1(C)C)c1ccncc1. The van der Waals surface area contributed by atoms with Gasteiger partial charge in [0.2, 0.25) is 0 Å². The first-order valence-corrected chi connectivity index (χ1v) is 7.79. The van der Waals surface area contributed by atoms with Gasteiger partial charge in [0.25, 0.3) is 0 Å². The van der Waals surface area contributed by atoms with Crippen molar-refractivity contribution in [1.29, 1.82) is 0 Å². The highest BCUT2D eigenvalue weighted by Gasteiger charge is 2.39. The molecule has 1 aromatic carbocycles. The summed E-state index contributed by atoms with van der Waals surface area (Å²) >= 11 is 6.20. The average molecular weight is 301 g/mol. The van der Waals surface area contributed by atoms with Crippen LogP contribution in [0.1, 0.15) is 49.5 Å². The van der Waals surface area contributed by atoms with Crippen molar-refractivity contribution >= 4 is 11.6 Å². The minimum atomic E-state index is 0.189. The van der Waals surface area contributed by atoms with Crippen LogP contribution in [0.15, 0.2) is 42.7 Å². The van der Waals surface area contributed by atoms with Gasteiger partial charge in [0.05, 0.1) is 0 Å². The van der Waals surface area contributed by atoms with Crippen LogP contribution in [-0.4, -0.2) is 4.98 Å². The molecule has 1 aromatic heterocycles. The standard InChI is InChI=1S/C18H21ClN2/c1-12(13-6-8-20-9-7-13)21-17-16-10-15(19)5-4-14(16)11-18(17,2)3/h4-10,12,17,21H,11H2,1-3H3. The summed E-state index contributed by atoms with van der Waals surface area (Å²) in [5.74, 6) is 0. The van der Waals surface area contributed by atoms with Gasteiger partial charge < -0.3 is 5.32 Å². The summed E-state index contributed by atoms with van der Waals surface area (Å²) in [5, 5.41) is 4.60. The zero-order valence-electron chi connectivity index (χ0n) is 12.7. The van der Waals surface area contributed by atoms with Gasteiger partial charge in [0, 0.05) is 29.5 Å². The van der Waals surface area contributed by atoms with E-state index in [2.05, 4.69) is 55.3 Å². The molecule has 0 aliphatic heterocycles. The molecule has 1 aliphatic rings. The second-order valence-corrected chi connectivity index (χ2v) is 7.05. The molecular weight excluding hydrogens is 280 g/mol. The molecule has 2 unspecified atom stereocenters. The number of hydrogen-bond acceptors (Lipinski definition) is 2. The minimum absolute atomic E-state index is 0.189. The van der Waals surface area contributed by atoms with E-state index < -0.39 is 0 Å². The van der Waals surface area contributed by atoms with Crippen LogP contribution >= 0.6 is 11.6 Å². The van der Waals surface area contributed by atoms with Crippen LogP contribution in [0.5, 0.6) is 0 Å². The lowest BCUT2D eigenvalue weighted by Gasteiger charge is -2.31. The number of rotatable bonds is 3. The third-order valence-corrected chi connectivity index (χ3v) is 4.70. The van der Waals surface area contributed by atoms with Crippen molar-refractivity contribution in [3.05, 3.63) is 64.4 Å². The molecule has 1 aliphatic carbocycles. The van der Waals surface area contributed by atoms with Gasteiger partial charge in [0.15, 0.2) is 0 Å². The van der Waals surface area contributed by atoms with E-state index in [1.807, 2.05) is 18.5 Å². The fraction of sp³-hybridized carbons (Fsp3) is 0.389. The van der Waals surface area contributed by atoms with Crippen LogP contribution in [0, 0.1) is 5.41 Å². The Morgan fingerprint density at radius 3 is 2.67 bits per heavy atom. The predicted molar refractivity (Wildman–Crippen MR) is 87.5 cm³/mol. The highest BCUT2D eigenvalue weighted by molar-refractivity contribution is 6.30. The number of nitrogens with zero attached hydrogens (tertiary/aromatic N) is 1. The second kappa shape index (κ2) is 5.43. The first-order chi connectivity index (χ1) is 9.97. The lowest BCUT2D eigenvalue weighted by atomic mass is 9.84. The molecule has 0 fully saturated rings. The van der Waals surface area contributed by atoms with Crippen molar-refractivity contribution in [2.24, 2.45) is 5.41 Å². The Morgan fingerprint density at radius 1 is 1.24 bits per heavy atom. The lowest BCUT2D eigenvalue weighted by Crippen LogP contribution is -2.33. The summed E-state index contributed by atoms with van der Waals surface area (Å²) in [6.07, 6.45) is 4.77. The van der Waals surface area contributed by atoms with E-state index in [0.717, 1.165) is 11.4 Å². The molecule has 110 valence electrons. The summed E-state index contributed by atoms with van der Waals surface area (Å²) in [5.41, 5.74) is 4.20. The zero-order valence-corrected chi connectivity index (χ0v) is 13.5. The smallest absolute Gasteiger partial charge is 0.0409 e. The van der Waals surface area contributed by atoms with Gasteiger partial charge in [-0.15, -0.1) is 0 Å². The molecule has 1 N–H and O–H groups in total. The van der Waals surface area contributed by atoms with E-state index in [1.165, 1.54) is 16.7 Å². The van der Waals surface area contributed by atoms with E-state index in [1.54, 1.807) is 0 Å². The molecule has 21 heavy (non-hydrogen) atoms. The molecule has 3 heteroatoms. The molecule has 0 saturated heterocycles. The molecule has 0 bridgehead atoms. The summed E-state index contributed by atoms with van der Waals surface area (Å²) in [6, 6.07) is 11.0. The molecule has 2 aromatic rings. The van der Waals surface area contributed by atoms with Crippen molar-refractivity contribution < 1.29 is 0 Å². The summed E-state index contributed by atoms with van der Waals surface area (Å²) in [4.78, 5) is 4.09. The Balaban J connectivity index is 1.89. The highest BCUT2D eigenvalue weighted by Crippen LogP contribution is 2.46. The van der Waals surface area contributed by atoms with E-state index in [0.29, 0.717) is 6.04 Å². The third-order valence-electron chi connectivity index (χ3n) is 4.47. The minimum Gasteiger partial charge on any atom is -0.303 e. The van der Waals surface area contributed by atoms with Crippen LogP contribution in [0.4, 0.5) is 0 Å². The summed E-state index contributed by atoms with van der Waals surface area (Å²) < 4.78 is 0. The van der Waals surface area contributed by atoms with Crippen molar-refractivity contribution in [2.75, 3.05) is 0 Å².